The van der Waals surface area contributed by atoms with Gasteiger partial charge in [0, 0.05) is 11.6 Å². The Labute approximate surface area is 174 Å². The van der Waals surface area contributed by atoms with E-state index in [4.69, 9.17) is 10.5 Å². The van der Waals surface area contributed by atoms with E-state index in [0.717, 1.165) is 31.5 Å². The number of nitrogens with zero attached hydrogens (tertiary/aromatic N) is 1. The molecule has 6 nitrogen and oxygen atoms in total. The van der Waals surface area contributed by atoms with E-state index in [9.17, 15) is 4.79 Å². The fourth-order valence-electron chi connectivity index (χ4n) is 3.30. The van der Waals surface area contributed by atoms with Crippen LogP contribution in [0.15, 0.2) is 54.6 Å². The van der Waals surface area contributed by atoms with Gasteiger partial charge < -0.3 is 21.1 Å². The Hall–Kier alpha value is -2.90. The molecule has 1 aliphatic heterocycles. The molecular formula is C22H24N4O2S. The lowest BCUT2D eigenvalue weighted by Crippen LogP contribution is -2.35. The van der Waals surface area contributed by atoms with Crippen LogP contribution in [0.2, 0.25) is 0 Å². The number of carbonyl (C=O) groups excluding carboxylic acids is 1. The average Bonchev–Trinajstić information content (AvgIpc) is 3.13. The predicted octanol–water partition coefficient (Wildman–Crippen LogP) is 3.70. The third-order valence-corrected chi connectivity index (χ3v) is 5.87. The van der Waals surface area contributed by atoms with Crippen molar-refractivity contribution < 1.29 is 9.53 Å². The number of ether oxygens (including phenoxy) is 1. The van der Waals surface area contributed by atoms with E-state index < -0.39 is 0 Å². The smallest absolute Gasteiger partial charge is 0.206 e. The maximum atomic E-state index is 13.0. The summed E-state index contributed by atoms with van der Waals surface area (Å²) >= 11 is 1.31. The van der Waals surface area contributed by atoms with Gasteiger partial charge in [-0.25, -0.2) is 4.98 Å². The first-order valence-corrected chi connectivity index (χ1v) is 10.6. The van der Waals surface area contributed by atoms with Gasteiger partial charge in [0.25, 0.3) is 0 Å². The Morgan fingerprint density at radius 3 is 2.76 bits per heavy atom. The van der Waals surface area contributed by atoms with E-state index in [1.165, 1.54) is 11.3 Å². The summed E-state index contributed by atoms with van der Waals surface area (Å²) in [5.41, 5.74) is 7.67. The SMILES string of the molecule is Nc1nc(NC2CCNCC2)sc1C(=O)c1cccc(OCc2ccccc2)c1. The molecule has 0 bridgehead atoms. The molecule has 0 aliphatic carbocycles. The van der Waals surface area contributed by atoms with Gasteiger partial charge in [-0.05, 0) is 43.6 Å². The zero-order chi connectivity index (χ0) is 20.1. The zero-order valence-corrected chi connectivity index (χ0v) is 16.9. The van der Waals surface area contributed by atoms with Crippen molar-refractivity contribution in [2.24, 2.45) is 0 Å². The number of piperidine rings is 1. The van der Waals surface area contributed by atoms with Gasteiger partial charge in [-0.3, -0.25) is 4.79 Å². The summed E-state index contributed by atoms with van der Waals surface area (Å²) in [4.78, 5) is 17.8. The summed E-state index contributed by atoms with van der Waals surface area (Å²) in [5.74, 6) is 0.784. The Bertz CT molecular complexity index is 968. The van der Waals surface area contributed by atoms with E-state index in [0.29, 0.717) is 34.0 Å². The molecule has 0 radical (unpaired) electrons. The van der Waals surface area contributed by atoms with Crippen LogP contribution < -0.4 is 21.1 Å². The minimum atomic E-state index is -0.136. The first kappa shape index (κ1) is 19.4. The molecule has 0 saturated carbocycles. The molecule has 1 fully saturated rings. The number of hydrogen-bond acceptors (Lipinski definition) is 7. The monoisotopic (exact) mass is 408 g/mol. The van der Waals surface area contributed by atoms with Crippen molar-refractivity contribution in [1.82, 2.24) is 10.3 Å². The van der Waals surface area contributed by atoms with Crippen LogP contribution in [0, 0.1) is 0 Å². The molecule has 3 aromatic rings. The number of benzene rings is 2. The van der Waals surface area contributed by atoms with Crippen molar-refractivity contribution in [3.05, 3.63) is 70.6 Å². The highest BCUT2D eigenvalue weighted by molar-refractivity contribution is 7.18. The van der Waals surface area contributed by atoms with Gasteiger partial charge in [0.1, 0.15) is 23.1 Å². The minimum absolute atomic E-state index is 0.136. The fourth-order valence-corrected chi connectivity index (χ4v) is 4.22. The van der Waals surface area contributed by atoms with E-state index in [1.807, 2.05) is 42.5 Å². The largest absolute Gasteiger partial charge is 0.489 e. The molecule has 4 rings (SSSR count). The van der Waals surface area contributed by atoms with Crippen LogP contribution in [-0.4, -0.2) is 29.9 Å². The number of rotatable bonds is 7. The summed E-state index contributed by atoms with van der Waals surface area (Å²) in [6.45, 7) is 2.42. The highest BCUT2D eigenvalue weighted by Crippen LogP contribution is 2.29. The van der Waals surface area contributed by atoms with Crippen molar-refractivity contribution in [3.8, 4) is 5.75 Å². The van der Waals surface area contributed by atoms with Crippen LogP contribution >= 0.6 is 11.3 Å². The molecule has 2 aromatic carbocycles. The number of aromatic nitrogens is 1. The maximum absolute atomic E-state index is 13.0. The summed E-state index contributed by atoms with van der Waals surface area (Å²) < 4.78 is 5.84. The van der Waals surface area contributed by atoms with Crippen LogP contribution in [0.25, 0.3) is 0 Å². The lowest BCUT2D eigenvalue weighted by molar-refractivity contribution is 0.104. The molecule has 1 aliphatic rings. The topological polar surface area (TPSA) is 89.3 Å². The molecule has 4 N–H and O–H groups in total. The quantitative estimate of drug-likeness (QED) is 0.517. The molecule has 0 amide bonds. The van der Waals surface area contributed by atoms with Crippen LogP contribution in [0.4, 0.5) is 10.9 Å². The lowest BCUT2D eigenvalue weighted by atomic mass is 10.1. The number of nitrogens with one attached hydrogen (secondary N) is 2. The van der Waals surface area contributed by atoms with Crippen molar-refractivity contribution in [2.75, 3.05) is 24.1 Å². The number of nitrogens with two attached hydrogens (primary N) is 1. The lowest BCUT2D eigenvalue weighted by Gasteiger charge is -2.23. The minimum Gasteiger partial charge on any atom is -0.489 e. The second-order valence-corrected chi connectivity index (χ2v) is 8.03. The molecular weight excluding hydrogens is 384 g/mol. The van der Waals surface area contributed by atoms with Gasteiger partial charge in [-0.2, -0.15) is 0 Å². The highest BCUT2D eigenvalue weighted by atomic mass is 32.1. The van der Waals surface area contributed by atoms with E-state index in [-0.39, 0.29) is 11.6 Å². The molecule has 1 aromatic heterocycles. The van der Waals surface area contributed by atoms with E-state index in [1.54, 1.807) is 12.1 Å². The predicted molar refractivity (Wildman–Crippen MR) is 117 cm³/mol. The number of ketones is 1. The van der Waals surface area contributed by atoms with E-state index >= 15 is 0 Å². The van der Waals surface area contributed by atoms with Crippen molar-refractivity contribution >= 4 is 28.1 Å². The second-order valence-electron chi connectivity index (χ2n) is 7.03. The molecule has 2 heterocycles. The molecule has 1 saturated heterocycles. The summed E-state index contributed by atoms with van der Waals surface area (Å²) in [6, 6.07) is 17.5. The number of nitrogen functional groups attached to an aromatic ring is 1. The molecule has 0 atom stereocenters. The van der Waals surface area contributed by atoms with Gasteiger partial charge in [0.2, 0.25) is 5.78 Å². The number of carbonyl (C=O) groups is 1. The van der Waals surface area contributed by atoms with Crippen molar-refractivity contribution in [1.29, 1.82) is 0 Å². The van der Waals surface area contributed by atoms with Gasteiger partial charge in [0.05, 0.1) is 0 Å². The van der Waals surface area contributed by atoms with E-state index in [2.05, 4.69) is 15.6 Å². The number of anilines is 2. The second kappa shape index (κ2) is 9.07. The third kappa shape index (κ3) is 4.93. The van der Waals surface area contributed by atoms with Crippen LogP contribution in [-0.2, 0) is 6.61 Å². The summed E-state index contributed by atoms with van der Waals surface area (Å²) in [6.07, 6.45) is 2.06. The Kier molecular flexibility index (Phi) is 6.07. The Morgan fingerprint density at radius 2 is 1.97 bits per heavy atom. The highest BCUT2D eigenvalue weighted by Gasteiger charge is 2.20. The van der Waals surface area contributed by atoms with Crippen molar-refractivity contribution in [2.45, 2.75) is 25.5 Å². The standard InChI is InChI=1S/C22H24N4O2S/c23-21-20(29-22(26-21)25-17-9-11-24-12-10-17)19(27)16-7-4-8-18(13-16)28-14-15-5-2-1-3-6-15/h1-8,13,17,24H,9-12,14,23H2,(H,25,26). The molecule has 29 heavy (non-hydrogen) atoms. The molecule has 0 spiro atoms. The molecule has 150 valence electrons. The third-order valence-electron chi connectivity index (χ3n) is 4.87. The number of thiazole rings is 1. The van der Waals surface area contributed by atoms with Crippen LogP contribution in [0.3, 0.4) is 0 Å². The molecule has 7 heteroatoms. The van der Waals surface area contributed by atoms with Crippen LogP contribution in [0.1, 0.15) is 33.6 Å². The van der Waals surface area contributed by atoms with Crippen molar-refractivity contribution in [3.63, 3.8) is 0 Å². The average molecular weight is 409 g/mol. The maximum Gasteiger partial charge on any atom is 0.206 e. The number of hydrogen-bond donors (Lipinski definition) is 3. The van der Waals surface area contributed by atoms with Gasteiger partial charge in [0.15, 0.2) is 5.13 Å². The normalized spacial score (nSPS) is 14.5. The zero-order valence-electron chi connectivity index (χ0n) is 16.1. The molecule has 0 unspecified atom stereocenters. The first-order chi connectivity index (χ1) is 14.2. The first-order valence-electron chi connectivity index (χ1n) is 9.74. The Morgan fingerprint density at radius 1 is 1.17 bits per heavy atom. The van der Waals surface area contributed by atoms with Gasteiger partial charge >= 0.3 is 0 Å². The van der Waals surface area contributed by atoms with Gasteiger partial charge in [-0.15, -0.1) is 0 Å². The Balaban J connectivity index is 1.45. The van der Waals surface area contributed by atoms with Crippen LogP contribution in [0.5, 0.6) is 5.75 Å². The summed E-state index contributed by atoms with van der Waals surface area (Å²) in [7, 11) is 0. The fraction of sp³-hybridized carbons (Fsp3) is 0.273. The summed E-state index contributed by atoms with van der Waals surface area (Å²) in [5, 5.41) is 7.45. The van der Waals surface area contributed by atoms with Gasteiger partial charge in [-0.1, -0.05) is 53.8 Å².